The summed E-state index contributed by atoms with van der Waals surface area (Å²) in [5.41, 5.74) is 7.55. The van der Waals surface area contributed by atoms with Crippen LogP contribution in [0.25, 0.3) is 22.8 Å². The van der Waals surface area contributed by atoms with Gasteiger partial charge in [0, 0.05) is 16.1 Å². The molecule has 0 radical (unpaired) electrons. The normalized spacial score (nSPS) is 16.4. The highest BCUT2D eigenvalue weighted by molar-refractivity contribution is 9.10. The fourth-order valence-corrected chi connectivity index (χ4v) is 7.65. The van der Waals surface area contributed by atoms with Gasteiger partial charge >= 0.3 is 0 Å². The molecule has 8 rings (SSSR count). The van der Waals surface area contributed by atoms with Crippen molar-refractivity contribution in [3.8, 4) is 0 Å². The number of halogens is 1. The number of aryl methyl sites for hydroxylation is 1. The van der Waals surface area contributed by atoms with Gasteiger partial charge in [-0.25, -0.2) is 9.98 Å². The van der Waals surface area contributed by atoms with Crippen molar-refractivity contribution in [3.05, 3.63) is 137 Å². The lowest BCUT2D eigenvalue weighted by Gasteiger charge is -2.30. The molecule has 0 bridgehead atoms. The van der Waals surface area contributed by atoms with E-state index in [4.69, 9.17) is 9.41 Å². The monoisotopic (exact) mass is 636 g/mol. The minimum absolute atomic E-state index is 0.0602. The number of H-pyrrole nitrogens is 1. The molecular formula is C32H21BrN4O2S2. The van der Waals surface area contributed by atoms with Crippen LogP contribution < -0.4 is 14.9 Å². The number of hydrogen-bond donors (Lipinski definition) is 1. The summed E-state index contributed by atoms with van der Waals surface area (Å²) in [7, 11) is 0. The Kier molecular flexibility index (Phi) is 5.98. The van der Waals surface area contributed by atoms with Gasteiger partial charge in [-0.2, -0.15) is 0 Å². The molecule has 3 aromatic heterocycles. The summed E-state index contributed by atoms with van der Waals surface area (Å²) < 4.78 is 9.56. The molecule has 6 nitrogen and oxygen atoms in total. The molecule has 0 spiro atoms. The maximum absolute atomic E-state index is 14.0. The highest BCUT2D eigenvalue weighted by Gasteiger charge is 2.32. The van der Waals surface area contributed by atoms with E-state index >= 15 is 0 Å². The van der Waals surface area contributed by atoms with Crippen molar-refractivity contribution < 1.29 is 4.42 Å². The predicted octanol–water partition coefficient (Wildman–Crippen LogP) is 6.70. The van der Waals surface area contributed by atoms with E-state index in [1.165, 1.54) is 34.2 Å². The first-order valence-corrected chi connectivity index (χ1v) is 15.6. The summed E-state index contributed by atoms with van der Waals surface area (Å²) in [5, 5.41) is 1.45. The maximum Gasteiger partial charge on any atom is 0.271 e. The molecule has 0 saturated carbocycles. The summed E-state index contributed by atoms with van der Waals surface area (Å²) in [6.45, 7) is 0. The summed E-state index contributed by atoms with van der Waals surface area (Å²) in [6.07, 6.45) is 3.61. The number of aromatic amines is 1. The minimum Gasteiger partial charge on any atom is -0.450 e. The Balaban J connectivity index is 1.22. The highest BCUT2D eigenvalue weighted by atomic mass is 79.9. The highest BCUT2D eigenvalue weighted by Crippen LogP contribution is 2.41. The Labute approximate surface area is 250 Å². The minimum atomic E-state index is -0.208. The van der Waals surface area contributed by atoms with E-state index < -0.39 is 0 Å². The van der Waals surface area contributed by atoms with Crippen LogP contribution in [0.15, 0.2) is 119 Å². The first kappa shape index (κ1) is 24.8. The average molecular weight is 638 g/mol. The topological polar surface area (TPSA) is 76.2 Å². The maximum atomic E-state index is 14.0. The largest absolute Gasteiger partial charge is 0.450 e. The fraction of sp³-hybridized carbons (Fsp3) is 0.0938. The number of rotatable bonds is 4. The van der Waals surface area contributed by atoms with Crippen LogP contribution in [0.4, 0.5) is 0 Å². The number of fused-ring (bicyclic) bond motifs is 4. The predicted molar refractivity (Wildman–Crippen MR) is 166 cm³/mol. The Morgan fingerprint density at radius 1 is 1.00 bits per heavy atom. The lowest BCUT2D eigenvalue weighted by Crippen LogP contribution is -2.38. The standard InChI is InChI=1S/C32H21BrN4O2S2/c33-20-12-9-19(10-13-20)29-23-15-11-18-5-1-2-6-22(18)28(23)36-32-37(29)30(38)26(40-32)17-21-14-16-27(39-21)41-31-34-24-7-3-4-8-25(24)35-31/h1-10,12-14,16-17,29H,11,15H2,(H,34,35)/b26-17-/t29-/m0/s1. The van der Waals surface area contributed by atoms with Gasteiger partial charge in [-0.3, -0.25) is 9.36 Å². The van der Waals surface area contributed by atoms with Crippen LogP contribution in [0.1, 0.15) is 34.9 Å². The average Bonchev–Trinajstić information content (AvgIpc) is 3.70. The SMILES string of the molecule is O=c1/c(=C/c2ccc(Sc3nc4ccccc4[nH]3)o2)sc2n1[C@@H](c1ccc(Br)cc1)C1=C(N=2)c2ccccc2CC1. The molecule has 4 heterocycles. The molecule has 1 aliphatic carbocycles. The molecule has 0 amide bonds. The third-order valence-corrected chi connectivity index (χ3v) is 9.82. The molecule has 3 aromatic carbocycles. The second-order valence-corrected chi connectivity index (χ2v) is 12.9. The van der Waals surface area contributed by atoms with Gasteiger partial charge in [0.25, 0.3) is 5.56 Å². The van der Waals surface area contributed by atoms with E-state index in [9.17, 15) is 4.79 Å². The molecule has 1 N–H and O–H groups in total. The van der Waals surface area contributed by atoms with Crippen molar-refractivity contribution in [3.63, 3.8) is 0 Å². The van der Waals surface area contributed by atoms with E-state index in [0.717, 1.165) is 50.3 Å². The third-order valence-electron chi connectivity index (χ3n) is 7.50. The van der Waals surface area contributed by atoms with Crippen LogP contribution in [0, 0.1) is 0 Å². The number of aromatic nitrogens is 3. The first-order valence-electron chi connectivity index (χ1n) is 13.2. The van der Waals surface area contributed by atoms with Crippen LogP contribution >= 0.6 is 39.0 Å². The van der Waals surface area contributed by atoms with Gasteiger partial charge in [-0.05, 0) is 77.7 Å². The van der Waals surface area contributed by atoms with Gasteiger partial charge in [0.05, 0.1) is 27.3 Å². The van der Waals surface area contributed by atoms with Gasteiger partial charge in [0.1, 0.15) is 5.76 Å². The molecule has 9 heteroatoms. The van der Waals surface area contributed by atoms with Crippen molar-refractivity contribution in [2.75, 3.05) is 0 Å². The number of para-hydroxylation sites is 2. The number of furan rings is 1. The lowest BCUT2D eigenvalue weighted by molar-refractivity contribution is 0.466. The van der Waals surface area contributed by atoms with Gasteiger partial charge in [0.15, 0.2) is 15.1 Å². The molecule has 200 valence electrons. The van der Waals surface area contributed by atoms with Crippen LogP contribution in [-0.4, -0.2) is 14.5 Å². The molecule has 6 aromatic rings. The summed E-state index contributed by atoms with van der Waals surface area (Å²) >= 11 is 6.38. The van der Waals surface area contributed by atoms with Crippen molar-refractivity contribution in [2.24, 2.45) is 4.99 Å². The lowest BCUT2D eigenvalue weighted by atomic mass is 9.83. The Bertz CT molecular complexity index is 2150. The van der Waals surface area contributed by atoms with E-state index in [0.29, 0.717) is 20.2 Å². The Hall–Kier alpha value is -3.92. The molecule has 1 aliphatic heterocycles. The zero-order chi connectivity index (χ0) is 27.5. The van der Waals surface area contributed by atoms with Crippen LogP contribution in [-0.2, 0) is 6.42 Å². The van der Waals surface area contributed by atoms with Crippen LogP contribution in [0.5, 0.6) is 0 Å². The number of hydrogen-bond acceptors (Lipinski definition) is 6. The quantitative estimate of drug-likeness (QED) is 0.234. The second-order valence-electron chi connectivity index (χ2n) is 9.98. The van der Waals surface area contributed by atoms with Crippen molar-refractivity contribution in [2.45, 2.75) is 29.1 Å². The van der Waals surface area contributed by atoms with E-state index in [2.05, 4.69) is 62.3 Å². The van der Waals surface area contributed by atoms with E-state index in [1.54, 1.807) is 0 Å². The number of benzene rings is 3. The molecule has 2 aliphatic rings. The van der Waals surface area contributed by atoms with Gasteiger partial charge in [-0.15, -0.1) is 0 Å². The van der Waals surface area contributed by atoms with Crippen LogP contribution in [0.2, 0.25) is 0 Å². The van der Waals surface area contributed by atoms with Crippen LogP contribution in [0.3, 0.4) is 0 Å². The number of nitrogens with zero attached hydrogens (tertiary/aromatic N) is 3. The van der Waals surface area contributed by atoms with Crippen molar-refractivity contribution in [1.29, 1.82) is 0 Å². The smallest absolute Gasteiger partial charge is 0.271 e. The third kappa shape index (κ3) is 4.36. The van der Waals surface area contributed by atoms with Gasteiger partial charge in [0.2, 0.25) is 0 Å². The first-order chi connectivity index (χ1) is 20.1. The number of nitrogens with one attached hydrogen (secondary N) is 1. The summed E-state index contributed by atoms with van der Waals surface area (Å²) in [4.78, 5) is 27.7. The van der Waals surface area contributed by atoms with Gasteiger partial charge < -0.3 is 9.40 Å². The second kappa shape index (κ2) is 9.87. The number of thiazole rings is 1. The Morgan fingerprint density at radius 2 is 1.83 bits per heavy atom. The molecule has 0 fully saturated rings. The number of allylic oxidation sites excluding steroid dienone is 1. The fourth-order valence-electron chi connectivity index (χ4n) is 5.64. The van der Waals surface area contributed by atoms with Gasteiger partial charge in [-0.1, -0.05) is 75.8 Å². The van der Waals surface area contributed by atoms with E-state index in [1.807, 2.05) is 59.2 Å². The molecule has 41 heavy (non-hydrogen) atoms. The molecule has 1 atom stereocenters. The molecular weight excluding hydrogens is 616 g/mol. The summed E-state index contributed by atoms with van der Waals surface area (Å²) in [6, 6.07) is 28.2. The molecule has 0 unspecified atom stereocenters. The summed E-state index contributed by atoms with van der Waals surface area (Å²) in [5.74, 6) is 0.614. The van der Waals surface area contributed by atoms with Crippen molar-refractivity contribution >= 4 is 61.8 Å². The van der Waals surface area contributed by atoms with E-state index in [-0.39, 0.29) is 11.6 Å². The van der Waals surface area contributed by atoms with Crippen molar-refractivity contribution in [1.82, 2.24) is 14.5 Å². The zero-order valence-corrected chi connectivity index (χ0v) is 24.7. The molecule has 0 saturated heterocycles. The zero-order valence-electron chi connectivity index (χ0n) is 21.5. The number of imidazole rings is 1. The Morgan fingerprint density at radius 3 is 2.71 bits per heavy atom.